The average molecular weight is 424 g/mol. The number of fused-ring (bicyclic) bond motifs is 1. The van der Waals surface area contributed by atoms with Crippen molar-refractivity contribution in [3.63, 3.8) is 0 Å². The van der Waals surface area contributed by atoms with E-state index in [1.54, 1.807) is 22.8 Å². The van der Waals surface area contributed by atoms with Gasteiger partial charge in [-0.3, -0.25) is 0 Å². The molecular formula is C18H16BrClN2O3. The van der Waals surface area contributed by atoms with Crippen molar-refractivity contribution in [3.8, 4) is 11.6 Å². The van der Waals surface area contributed by atoms with E-state index in [4.69, 9.17) is 16.3 Å². The molecule has 0 amide bonds. The van der Waals surface area contributed by atoms with Crippen molar-refractivity contribution in [1.29, 1.82) is 0 Å². The zero-order valence-electron chi connectivity index (χ0n) is 13.5. The summed E-state index contributed by atoms with van der Waals surface area (Å²) in [6.07, 6.45) is 0.635. The minimum Gasteiger partial charge on any atom is -0.493 e. The van der Waals surface area contributed by atoms with Gasteiger partial charge in [-0.15, -0.1) is 4.91 Å². The molecule has 3 rings (SSSR count). The number of benzene rings is 2. The van der Waals surface area contributed by atoms with Gasteiger partial charge in [-0.05, 0) is 48.4 Å². The Morgan fingerprint density at radius 1 is 1.32 bits per heavy atom. The van der Waals surface area contributed by atoms with Crippen molar-refractivity contribution in [2.75, 3.05) is 6.61 Å². The van der Waals surface area contributed by atoms with Crippen LogP contribution in [0.15, 0.2) is 46.0 Å². The van der Waals surface area contributed by atoms with Crippen LogP contribution in [0.4, 0.5) is 5.69 Å². The number of halogens is 2. The number of aromatic nitrogens is 1. The summed E-state index contributed by atoms with van der Waals surface area (Å²) in [4.78, 5) is 11.2. The van der Waals surface area contributed by atoms with Crippen LogP contribution in [0.25, 0.3) is 10.9 Å². The number of nitroso groups, excluding NO2 is 1. The first-order chi connectivity index (χ1) is 12.0. The minimum atomic E-state index is -0.121. The van der Waals surface area contributed by atoms with Crippen LogP contribution in [0.3, 0.4) is 0 Å². The summed E-state index contributed by atoms with van der Waals surface area (Å²) in [7, 11) is 0. The highest BCUT2D eigenvalue weighted by Gasteiger charge is 2.19. The number of hydrogen-bond donors (Lipinski definition) is 1. The van der Waals surface area contributed by atoms with E-state index in [1.807, 2.05) is 25.1 Å². The monoisotopic (exact) mass is 422 g/mol. The maximum absolute atomic E-state index is 11.2. The van der Waals surface area contributed by atoms with Gasteiger partial charge in [0.2, 0.25) is 5.88 Å². The number of rotatable bonds is 6. The molecule has 0 bridgehead atoms. The molecule has 130 valence electrons. The standard InChI is InChI=1S/C18H16BrClN2O3/c1-11-9-12(19)10-13-16(21-24)18(23)22(17(11)13)7-4-8-25-15-6-3-2-5-14(15)20/h2-3,5-6,9-10,23H,4,7-8H2,1H3. The van der Waals surface area contributed by atoms with Gasteiger partial charge in [-0.1, -0.05) is 39.7 Å². The van der Waals surface area contributed by atoms with E-state index in [-0.39, 0.29) is 11.6 Å². The molecule has 0 unspecified atom stereocenters. The Bertz CT molecular complexity index is 940. The van der Waals surface area contributed by atoms with Crippen molar-refractivity contribution >= 4 is 44.1 Å². The number of ether oxygens (including phenoxy) is 1. The Balaban J connectivity index is 1.81. The Morgan fingerprint density at radius 2 is 2.08 bits per heavy atom. The first kappa shape index (κ1) is 17.8. The van der Waals surface area contributed by atoms with Crippen LogP contribution in [0.1, 0.15) is 12.0 Å². The van der Waals surface area contributed by atoms with Gasteiger partial charge in [-0.2, -0.15) is 0 Å². The van der Waals surface area contributed by atoms with E-state index in [0.29, 0.717) is 35.7 Å². The molecule has 0 fully saturated rings. The van der Waals surface area contributed by atoms with E-state index in [0.717, 1.165) is 15.6 Å². The third-order valence-corrected chi connectivity index (χ3v) is 4.74. The molecule has 0 aliphatic heterocycles. The third kappa shape index (κ3) is 3.50. The molecule has 0 saturated heterocycles. The number of para-hydroxylation sites is 1. The maximum atomic E-state index is 11.2. The first-order valence-corrected chi connectivity index (χ1v) is 8.92. The largest absolute Gasteiger partial charge is 0.493 e. The van der Waals surface area contributed by atoms with Crippen molar-refractivity contribution in [2.24, 2.45) is 5.18 Å². The molecule has 1 heterocycles. The van der Waals surface area contributed by atoms with Gasteiger partial charge < -0.3 is 14.4 Å². The molecule has 2 aromatic carbocycles. The maximum Gasteiger partial charge on any atom is 0.222 e. The predicted octanol–water partition coefficient (Wildman–Crippen LogP) is 5.94. The Labute approximate surface area is 158 Å². The lowest BCUT2D eigenvalue weighted by atomic mass is 10.1. The summed E-state index contributed by atoms with van der Waals surface area (Å²) in [5.74, 6) is 0.505. The van der Waals surface area contributed by atoms with Crippen LogP contribution in [-0.4, -0.2) is 16.3 Å². The molecule has 0 aliphatic rings. The summed E-state index contributed by atoms with van der Waals surface area (Å²) >= 11 is 9.47. The quantitative estimate of drug-likeness (QED) is 0.394. The first-order valence-electron chi connectivity index (χ1n) is 7.75. The number of aromatic hydroxyl groups is 1. The highest BCUT2D eigenvalue weighted by atomic mass is 79.9. The summed E-state index contributed by atoms with van der Waals surface area (Å²) in [6, 6.07) is 11.0. The minimum absolute atomic E-state index is 0.0615. The number of aryl methyl sites for hydroxylation is 2. The van der Waals surface area contributed by atoms with Gasteiger partial charge >= 0.3 is 0 Å². The van der Waals surface area contributed by atoms with E-state index in [1.165, 1.54) is 0 Å². The summed E-state index contributed by atoms with van der Waals surface area (Å²) in [6.45, 7) is 2.85. The molecular weight excluding hydrogens is 408 g/mol. The van der Waals surface area contributed by atoms with Crippen LogP contribution in [0, 0.1) is 11.8 Å². The van der Waals surface area contributed by atoms with Crippen molar-refractivity contribution < 1.29 is 9.84 Å². The van der Waals surface area contributed by atoms with Crippen LogP contribution in [0.2, 0.25) is 5.02 Å². The summed E-state index contributed by atoms with van der Waals surface area (Å²) in [5.41, 5.74) is 1.81. The smallest absolute Gasteiger partial charge is 0.222 e. The van der Waals surface area contributed by atoms with Crippen LogP contribution in [0.5, 0.6) is 11.6 Å². The highest BCUT2D eigenvalue weighted by Crippen LogP contribution is 2.41. The van der Waals surface area contributed by atoms with E-state index in [2.05, 4.69) is 21.1 Å². The van der Waals surface area contributed by atoms with Gasteiger partial charge in [0.05, 0.1) is 17.1 Å². The van der Waals surface area contributed by atoms with Gasteiger partial charge in [0.15, 0.2) is 5.69 Å². The highest BCUT2D eigenvalue weighted by molar-refractivity contribution is 9.10. The number of hydrogen-bond acceptors (Lipinski definition) is 4. The second-order valence-electron chi connectivity index (χ2n) is 5.67. The van der Waals surface area contributed by atoms with E-state index in [9.17, 15) is 10.0 Å². The molecule has 5 nitrogen and oxygen atoms in total. The molecule has 1 aromatic heterocycles. The number of nitrogens with zero attached hydrogens (tertiary/aromatic N) is 2. The van der Waals surface area contributed by atoms with Crippen LogP contribution < -0.4 is 4.74 Å². The molecule has 7 heteroatoms. The lowest BCUT2D eigenvalue weighted by Crippen LogP contribution is -2.05. The molecule has 0 atom stereocenters. The van der Waals surface area contributed by atoms with E-state index < -0.39 is 0 Å². The van der Waals surface area contributed by atoms with Crippen molar-refractivity contribution in [2.45, 2.75) is 19.9 Å². The summed E-state index contributed by atoms with van der Waals surface area (Å²) < 4.78 is 8.21. The van der Waals surface area contributed by atoms with Gasteiger partial charge in [-0.25, -0.2) is 0 Å². The molecule has 0 saturated carbocycles. The van der Waals surface area contributed by atoms with Gasteiger partial charge in [0.1, 0.15) is 5.75 Å². The Hall–Kier alpha value is -2.05. The Kier molecular flexibility index (Phi) is 5.30. The zero-order chi connectivity index (χ0) is 18.0. The zero-order valence-corrected chi connectivity index (χ0v) is 15.8. The second-order valence-corrected chi connectivity index (χ2v) is 6.99. The lowest BCUT2D eigenvalue weighted by molar-refractivity contribution is 0.298. The van der Waals surface area contributed by atoms with Crippen molar-refractivity contribution in [1.82, 2.24) is 4.57 Å². The normalized spacial score (nSPS) is 11.0. The molecule has 1 N–H and O–H groups in total. The predicted molar refractivity (Wildman–Crippen MR) is 103 cm³/mol. The second kappa shape index (κ2) is 7.45. The van der Waals surface area contributed by atoms with Crippen molar-refractivity contribution in [3.05, 3.63) is 56.4 Å². The third-order valence-electron chi connectivity index (χ3n) is 3.97. The molecule has 25 heavy (non-hydrogen) atoms. The molecule has 3 aromatic rings. The fraction of sp³-hybridized carbons (Fsp3) is 0.222. The van der Waals surface area contributed by atoms with Gasteiger partial charge in [0.25, 0.3) is 0 Å². The topological polar surface area (TPSA) is 63.8 Å². The molecule has 0 spiro atoms. The van der Waals surface area contributed by atoms with Crippen LogP contribution >= 0.6 is 27.5 Å². The summed E-state index contributed by atoms with van der Waals surface area (Å²) in [5, 5.41) is 14.6. The SMILES string of the molecule is Cc1cc(Br)cc2c(N=O)c(O)n(CCCOc3ccccc3Cl)c12. The molecule has 0 radical (unpaired) electrons. The molecule has 0 aliphatic carbocycles. The average Bonchev–Trinajstić information content (AvgIpc) is 2.84. The Morgan fingerprint density at radius 3 is 2.80 bits per heavy atom. The lowest BCUT2D eigenvalue weighted by Gasteiger charge is -2.11. The van der Waals surface area contributed by atoms with E-state index >= 15 is 0 Å². The fourth-order valence-corrected chi connectivity index (χ4v) is 3.67. The van der Waals surface area contributed by atoms with Gasteiger partial charge in [0, 0.05) is 16.4 Å². The van der Waals surface area contributed by atoms with Crippen LogP contribution in [-0.2, 0) is 6.54 Å². The fourth-order valence-electron chi connectivity index (χ4n) is 2.90.